The molecule has 0 saturated carbocycles. The lowest BCUT2D eigenvalue weighted by atomic mass is 9.95. The van der Waals surface area contributed by atoms with E-state index in [1.807, 2.05) is 32.9 Å². The van der Waals surface area contributed by atoms with Crippen LogP contribution in [0.1, 0.15) is 32.2 Å². The van der Waals surface area contributed by atoms with Gasteiger partial charge in [-0.2, -0.15) is 9.78 Å². The molecule has 2 aromatic carbocycles. The van der Waals surface area contributed by atoms with Gasteiger partial charge in [-0.15, -0.1) is 6.42 Å². The summed E-state index contributed by atoms with van der Waals surface area (Å²) in [5, 5.41) is 4.99. The Morgan fingerprint density at radius 3 is 2.56 bits per heavy atom. The molecule has 0 unspecified atom stereocenters. The molecule has 3 rings (SSSR count). The maximum absolute atomic E-state index is 13.3. The van der Waals surface area contributed by atoms with Crippen LogP contribution in [-0.4, -0.2) is 29.6 Å². The Bertz CT molecular complexity index is 1320. The Hall–Kier alpha value is -2.15. The molecule has 0 fully saturated rings. The number of nitrogens with zero attached hydrogens (tertiary/aromatic N) is 3. The first-order valence-corrected chi connectivity index (χ1v) is 11.9. The van der Waals surface area contributed by atoms with E-state index in [1.165, 1.54) is 11.8 Å². The first kappa shape index (κ1) is 24.5. The Morgan fingerprint density at radius 2 is 1.94 bits per heavy atom. The molecule has 0 atom stereocenters. The van der Waals surface area contributed by atoms with Crippen LogP contribution in [0.25, 0.3) is 10.9 Å². The summed E-state index contributed by atoms with van der Waals surface area (Å²) >= 11 is 10.5. The maximum Gasteiger partial charge on any atom is 0.282 e. The number of fused-ring (bicyclic) bond motifs is 1. The number of methoxy groups -OCH3 is 1. The number of aromatic nitrogens is 2. The summed E-state index contributed by atoms with van der Waals surface area (Å²) in [5.74, 6) is 3.92. The predicted molar refractivity (Wildman–Crippen MR) is 138 cm³/mol. The van der Waals surface area contributed by atoms with E-state index < -0.39 is 5.41 Å². The number of hydrogen-bond acceptors (Lipinski definition) is 5. The van der Waals surface area contributed by atoms with Crippen molar-refractivity contribution >= 4 is 64.9 Å². The van der Waals surface area contributed by atoms with E-state index >= 15 is 0 Å². The van der Waals surface area contributed by atoms with Gasteiger partial charge in [-0.25, -0.2) is 4.98 Å². The fraction of sp³-hybridized carbons (Fsp3) is 0.261. The Kier molecular flexibility index (Phi) is 7.48. The minimum absolute atomic E-state index is 0.0947. The van der Waals surface area contributed by atoms with Crippen LogP contribution >= 0.6 is 47.8 Å². The molecule has 1 aromatic heterocycles. The quantitative estimate of drug-likeness (QED) is 0.262. The molecule has 0 aliphatic carbocycles. The standard InChI is InChI=1S/C23H20Br3N3O3/c1-6-9-32-20-17(31-5)10-13(18(25)19(20)26)12-27-29-21(30)15-11-14(24)7-8-16(15)28-22(29)23(2,3)4/h1,7-8,10-12H,9H2,2-5H3. The molecular formula is C23H20Br3N3O3. The van der Waals surface area contributed by atoms with Crippen molar-refractivity contribution in [2.24, 2.45) is 5.10 Å². The van der Waals surface area contributed by atoms with Gasteiger partial charge >= 0.3 is 0 Å². The molecule has 1 heterocycles. The lowest BCUT2D eigenvalue weighted by Crippen LogP contribution is -2.29. The van der Waals surface area contributed by atoms with Crippen molar-refractivity contribution in [1.82, 2.24) is 9.66 Å². The first-order chi connectivity index (χ1) is 15.1. The molecular weight excluding hydrogens is 606 g/mol. The highest BCUT2D eigenvalue weighted by Crippen LogP contribution is 2.42. The summed E-state index contributed by atoms with van der Waals surface area (Å²) in [7, 11) is 1.53. The summed E-state index contributed by atoms with van der Waals surface area (Å²) < 4.78 is 14.5. The van der Waals surface area contributed by atoms with E-state index in [4.69, 9.17) is 20.9 Å². The fourth-order valence-electron chi connectivity index (χ4n) is 2.96. The molecule has 0 amide bonds. The highest BCUT2D eigenvalue weighted by molar-refractivity contribution is 9.13. The molecule has 32 heavy (non-hydrogen) atoms. The van der Waals surface area contributed by atoms with E-state index in [2.05, 4.69) is 58.8 Å². The lowest BCUT2D eigenvalue weighted by Gasteiger charge is -2.21. The molecule has 3 aromatic rings. The largest absolute Gasteiger partial charge is 0.493 e. The molecule has 0 aliphatic rings. The molecule has 0 aliphatic heterocycles. The summed E-state index contributed by atoms with van der Waals surface area (Å²) in [6, 6.07) is 7.17. The van der Waals surface area contributed by atoms with Gasteiger partial charge in [0.05, 0.1) is 28.7 Å². The summed E-state index contributed by atoms with van der Waals surface area (Å²) in [4.78, 5) is 18.0. The molecule has 0 N–H and O–H groups in total. The Morgan fingerprint density at radius 1 is 1.22 bits per heavy atom. The summed E-state index contributed by atoms with van der Waals surface area (Å²) in [6.45, 7) is 6.05. The second-order valence-corrected chi connectivity index (χ2v) is 10.3. The van der Waals surface area contributed by atoms with Crippen molar-refractivity contribution in [3.63, 3.8) is 0 Å². The zero-order valence-electron chi connectivity index (χ0n) is 17.9. The normalized spacial score (nSPS) is 11.7. The third-order valence-corrected chi connectivity index (χ3v) is 7.10. The van der Waals surface area contributed by atoms with Crippen LogP contribution in [-0.2, 0) is 5.41 Å². The van der Waals surface area contributed by atoms with Gasteiger partial charge in [0.25, 0.3) is 5.56 Å². The Balaban J connectivity index is 2.20. The number of terminal acetylenes is 1. The average molecular weight is 626 g/mol. The van der Waals surface area contributed by atoms with E-state index in [0.717, 1.165) is 4.47 Å². The van der Waals surface area contributed by atoms with Crippen molar-refractivity contribution in [1.29, 1.82) is 0 Å². The van der Waals surface area contributed by atoms with Gasteiger partial charge in [0, 0.05) is 19.9 Å². The second-order valence-electron chi connectivity index (χ2n) is 7.83. The number of benzene rings is 2. The molecule has 0 bridgehead atoms. The van der Waals surface area contributed by atoms with Crippen LogP contribution in [0.4, 0.5) is 0 Å². The van der Waals surface area contributed by atoms with Crippen LogP contribution < -0.4 is 15.0 Å². The van der Waals surface area contributed by atoms with Gasteiger partial charge in [-0.3, -0.25) is 4.79 Å². The van der Waals surface area contributed by atoms with E-state index in [0.29, 0.717) is 42.7 Å². The van der Waals surface area contributed by atoms with Crippen LogP contribution in [0.5, 0.6) is 11.5 Å². The molecule has 9 heteroatoms. The average Bonchev–Trinajstić information content (AvgIpc) is 2.74. The second kappa shape index (κ2) is 9.77. The van der Waals surface area contributed by atoms with Crippen molar-refractivity contribution in [2.75, 3.05) is 13.7 Å². The SMILES string of the molecule is C#CCOc1c(OC)cc(C=Nn2c(C(C)(C)C)nc3ccc(Br)cc3c2=O)c(Br)c1Br. The topological polar surface area (TPSA) is 65.7 Å². The third-order valence-electron chi connectivity index (χ3n) is 4.47. The lowest BCUT2D eigenvalue weighted by molar-refractivity contribution is 0.328. The number of rotatable bonds is 5. The molecule has 0 saturated heterocycles. The third kappa shape index (κ3) is 4.92. The van der Waals surface area contributed by atoms with Gasteiger partial charge in [0.1, 0.15) is 12.4 Å². The van der Waals surface area contributed by atoms with Gasteiger partial charge in [-0.1, -0.05) is 42.6 Å². The highest BCUT2D eigenvalue weighted by Gasteiger charge is 2.23. The van der Waals surface area contributed by atoms with Gasteiger partial charge < -0.3 is 9.47 Å². The highest BCUT2D eigenvalue weighted by atomic mass is 79.9. The van der Waals surface area contributed by atoms with Crippen molar-refractivity contribution in [3.8, 4) is 23.8 Å². The number of ether oxygens (including phenoxy) is 2. The molecule has 0 spiro atoms. The van der Waals surface area contributed by atoms with Gasteiger partial charge in [-0.05, 0) is 56.1 Å². The van der Waals surface area contributed by atoms with Crippen LogP contribution in [0.2, 0.25) is 0 Å². The number of halogens is 3. The van der Waals surface area contributed by atoms with Crippen molar-refractivity contribution < 1.29 is 9.47 Å². The predicted octanol–water partition coefficient (Wildman–Crippen LogP) is 5.88. The summed E-state index contributed by atoms with van der Waals surface area (Å²) in [6.07, 6.45) is 6.88. The minimum atomic E-state index is -0.416. The van der Waals surface area contributed by atoms with E-state index in [-0.39, 0.29) is 12.2 Å². The van der Waals surface area contributed by atoms with E-state index in [9.17, 15) is 4.79 Å². The Labute approximate surface area is 211 Å². The number of hydrogen-bond donors (Lipinski definition) is 0. The summed E-state index contributed by atoms with van der Waals surface area (Å²) in [5.41, 5.74) is 0.617. The van der Waals surface area contributed by atoms with Crippen molar-refractivity contribution in [3.05, 3.63) is 59.4 Å². The first-order valence-electron chi connectivity index (χ1n) is 9.48. The smallest absolute Gasteiger partial charge is 0.282 e. The van der Waals surface area contributed by atoms with Crippen LogP contribution in [0.3, 0.4) is 0 Å². The zero-order valence-corrected chi connectivity index (χ0v) is 22.6. The van der Waals surface area contributed by atoms with Crippen molar-refractivity contribution in [2.45, 2.75) is 26.2 Å². The van der Waals surface area contributed by atoms with Crippen LogP contribution in [0.15, 0.2) is 47.6 Å². The van der Waals surface area contributed by atoms with E-state index in [1.54, 1.807) is 18.3 Å². The molecule has 0 radical (unpaired) electrons. The fourth-order valence-corrected chi connectivity index (χ4v) is 4.26. The van der Waals surface area contributed by atoms with Gasteiger partial charge in [0.15, 0.2) is 11.5 Å². The zero-order chi connectivity index (χ0) is 23.6. The monoisotopic (exact) mass is 623 g/mol. The minimum Gasteiger partial charge on any atom is -0.493 e. The van der Waals surface area contributed by atoms with Crippen LogP contribution in [0, 0.1) is 12.3 Å². The molecule has 166 valence electrons. The molecule has 6 nitrogen and oxygen atoms in total. The van der Waals surface area contributed by atoms with Gasteiger partial charge in [0.2, 0.25) is 0 Å². The maximum atomic E-state index is 13.3.